The van der Waals surface area contributed by atoms with Gasteiger partial charge in [0.15, 0.2) is 11.4 Å². The molecule has 3 amide bonds. The van der Waals surface area contributed by atoms with Gasteiger partial charge in [-0.05, 0) is 95.4 Å². The molecule has 0 aliphatic heterocycles. The number of hydrogen-bond donors (Lipinski definition) is 2. The standard InChI is InChI=1S/C31H32BrN5O4/c1-19-8-14-25(20(2)24(19)18-41-26-7-6-16-37-29(32)21(3)35-30(26)37)36(5)28(39)17-34-27(38)15-11-22-9-12-23(13-10-22)31(40)33-4/h6-16H,17-18H2,1-5H3,(H,33,40)(H,34,38). The molecule has 0 aliphatic carbocycles. The summed E-state index contributed by atoms with van der Waals surface area (Å²) in [5.41, 5.74) is 6.55. The number of pyridine rings is 1. The number of carbonyl (C=O) groups excluding carboxylic acids is 3. The minimum atomic E-state index is -0.396. The van der Waals surface area contributed by atoms with Gasteiger partial charge in [0.05, 0.1) is 12.2 Å². The molecule has 0 bridgehead atoms. The van der Waals surface area contributed by atoms with Gasteiger partial charge in [-0.25, -0.2) is 4.98 Å². The highest BCUT2D eigenvalue weighted by Crippen LogP contribution is 2.29. The van der Waals surface area contributed by atoms with Crippen molar-refractivity contribution in [2.75, 3.05) is 25.5 Å². The molecule has 2 aromatic heterocycles. The van der Waals surface area contributed by atoms with Crippen molar-refractivity contribution in [1.82, 2.24) is 20.0 Å². The fraction of sp³-hybridized carbons (Fsp3) is 0.226. The number of halogens is 1. The van der Waals surface area contributed by atoms with Crippen molar-refractivity contribution in [3.8, 4) is 5.75 Å². The van der Waals surface area contributed by atoms with Gasteiger partial charge in [-0.1, -0.05) is 18.2 Å². The van der Waals surface area contributed by atoms with Crippen LogP contribution in [0.15, 0.2) is 65.4 Å². The molecule has 212 valence electrons. The Balaban J connectivity index is 1.39. The number of rotatable bonds is 9. The van der Waals surface area contributed by atoms with E-state index < -0.39 is 5.91 Å². The number of nitrogens with one attached hydrogen (secondary N) is 2. The molecular weight excluding hydrogens is 586 g/mol. The van der Waals surface area contributed by atoms with Gasteiger partial charge in [-0.3, -0.25) is 18.8 Å². The van der Waals surface area contributed by atoms with Crippen LogP contribution in [0.4, 0.5) is 5.69 Å². The van der Waals surface area contributed by atoms with Crippen LogP contribution in [0.2, 0.25) is 0 Å². The molecule has 10 heteroatoms. The van der Waals surface area contributed by atoms with E-state index >= 15 is 0 Å². The minimum Gasteiger partial charge on any atom is -0.485 e. The number of aryl methyl sites for hydroxylation is 2. The van der Waals surface area contributed by atoms with E-state index in [0.29, 0.717) is 17.9 Å². The molecule has 0 atom stereocenters. The highest BCUT2D eigenvalue weighted by Gasteiger charge is 2.18. The SMILES string of the molecule is CNC(=O)c1ccc(C=CC(=O)NCC(=O)N(C)c2ccc(C)c(COc3cccn4c(Br)c(C)nc34)c2C)cc1. The summed E-state index contributed by atoms with van der Waals surface area (Å²) in [6, 6.07) is 14.5. The lowest BCUT2D eigenvalue weighted by Crippen LogP contribution is -2.38. The Kier molecular flexibility index (Phi) is 9.24. The maximum atomic E-state index is 13.0. The zero-order valence-corrected chi connectivity index (χ0v) is 25.2. The van der Waals surface area contributed by atoms with Gasteiger partial charge in [-0.2, -0.15) is 0 Å². The fourth-order valence-electron chi connectivity index (χ4n) is 4.39. The van der Waals surface area contributed by atoms with E-state index in [1.807, 2.05) is 55.6 Å². The number of anilines is 1. The molecular formula is C31H32BrN5O4. The molecule has 0 unspecified atom stereocenters. The predicted octanol–water partition coefficient (Wildman–Crippen LogP) is 4.75. The number of benzene rings is 2. The number of aromatic nitrogens is 2. The highest BCUT2D eigenvalue weighted by molar-refractivity contribution is 9.10. The quantitative estimate of drug-likeness (QED) is 0.264. The molecule has 0 aliphatic rings. The lowest BCUT2D eigenvalue weighted by Gasteiger charge is -2.23. The molecule has 0 spiro atoms. The normalized spacial score (nSPS) is 11.1. The molecule has 0 fully saturated rings. The average Bonchev–Trinajstić information content (AvgIpc) is 3.27. The van der Waals surface area contributed by atoms with Crippen molar-refractivity contribution >= 4 is 51.1 Å². The summed E-state index contributed by atoms with van der Waals surface area (Å²) < 4.78 is 9.02. The van der Waals surface area contributed by atoms with Gasteiger partial charge in [0, 0.05) is 37.6 Å². The van der Waals surface area contributed by atoms with Crippen molar-refractivity contribution in [2.45, 2.75) is 27.4 Å². The van der Waals surface area contributed by atoms with Crippen LogP contribution < -0.4 is 20.3 Å². The van der Waals surface area contributed by atoms with E-state index in [-0.39, 0.29) is 18.4 Å². The molecule has 0 saturated carbocycles. The number of imidazole rings is 1. The molecule has 2 N–H and O–H groups in total. The Hall–Kier alpha value is -4.44. The van der Waals surface area contributed by atoms with Crippen molar-refractivity contribution in [1.29, 1.82) is 0 Å². The van der Waals surface area contributed by atoms with Crippen LogP contribution in [0.25, 0.3) is 11.7 Å². The third-order valence-electron chi connectivity index (χ3n) is 6.87. The van der Waals surface area contributed by atoms with Gasteiger partial charge in [0.25, 0.3) is 5.91 Å². The maximum Gasteiger partial charge on any atom is 0.251 e. The number of amides is 3. The number of ether oxygens (including phenoxy) is 1. The van der Waals surface area contributed by atoms with Crippen LogP contribution in [0.5, 0.6) is 5.75 Å². The molecule has 2 aromatic carbocycles. The molecule has 41 heavy (non-hydrogen) atoms. The van der Waals surface area contributed by atoms with Crippen molar-refractivity contribution in [3.05, 3.63) is 98.9 Å². The van der Waals surface area contributed by atoms with Crippen molar-refractivity contribution < 1.29 is 19.1 Å². The minimum absolute atomic E-state index is 0.162. The summed E-state index contributed by atoms with van der Waals surface area (Å²) in [6.07, 6.45) is 4.90. The van der Waals surface area contributed by atoms with Gasteiger partial charge in [-0.15, -0.1) is 0 Å². The lowest BCUT2D eigenvalue weighted by atomic mass is 10.0. The Labute approximate surface area is 247 Å². The van der Waals surface area contributed by atoms with Crippen LogP contribution in [-0.4, -0.2) is 47.7 Å². The number of fused-ring (bicyclic) bond motifs is 1. The van der Waals surface area contributed by atoms with Gasteiger partial charge in [0.2, 0.25) is 11.8 Å². The highest BCUT2D eigenvalue weighted by atomic mass is 79.9. The van der Waals surface area contributed by atoms with Crippen molar-refractivity contribution in [3.63, 3.8) is 0 Å². The summed E-state index contributed by atoms with van der Waals surface area (Å²) in [7, 11) is 3.25. The first-order valence-electron chi connectivity index (χ1n) is 13.0. The monoisotopic (exact) mass is 617 g/mol. The summed E-state index contributed by atoms with van der Waals surface area (Å²) in [4.78, 5) is 43.1. The van der Waals surface area contributed by atoms with E-state index in [0.717, 1.165) is 43.9 Å². The summed E-state index contributed by atoms with van der Waals surface area (Å²) >= 11 is 3.56. The van der Waals surface area contributed by atoms with Gasteiger partial charge in [0.1, 0.15) is 11.2 Å². The lowest BCUT2D eigenvalue weighted by molar-refractivity contribution is -0.122. The second kappa shape index (κ2) is 12.8. The first-order chi connectivity index (χ1) is 19.6. The second-order valence-corrected chi connectivity index (χ2v) is 10.3. The topological polar surface area (TPSA) is 105 Å². The van der Waals surface area contributed by atoms with Crippen LogP contribution in [0.1, 0.15) is 38.3 Å². The largest absolute Gasteiger partial charge is 0.485 e. The Morgan fingerprint density at radius 1 is 1.07 bits per heavy atom. The number of likely N-dealkylation sites (N-methyl/N-ethyl adjacent to an activating group) is 1. The van der Waals surface area contributed by atoms with E-state index in [1.165, 1.54) is 11.0 Å². The first-order valence-corrected chi connectivity index (χ1v) is 13.8. The third kappa shape index (κ3) is 6.66. The van der Waals surface area contributed by atoms with E-state index in [9.17, 15) is 14.4 Å². The summed E-state index contributed by atoms with van der Waals surface area (Å²) in [5, 5.41) is 5.20. The Morgan fingerprint density at radius 2 is 1.80 bits per heavy atom. The van der Waals surface area contributed by atoms with Crippen LogP contribution in [0, 0.1) is 20.8 Å². The molecule has 9 nitrogen and oxygen atoms in total. The zero-order valence-electron chi connectivity index (χ0n) is 23.6. The molecule has 0 saturated heterocycles. The first kappa shape index (κ1) is 29.5. The Bertz CT molecular complexity index is 1640. The van der Waals surface area contributed by atoms with Crippen LogP contribution in [0.3, 0.4) is 0 Å². The number of hydrogen-bond acceptors (Lipinski definition) is 5. The van der Waals surface area contributed by atoms with Crippen LogP contribution in [-0.2, 0) is 16.2 Å². The zero-order chi connectivity index (χ0) is 29.7. The van der Waals surface area contributed by atoms with Gasteiger partial charge >= 0.3 is 0 Å². The molecule has 0 radical (unpaired) electrons. The second-order valence-electron chi connectivity index (χ2n) is 9.55. The summed E-state index contributed by atoms with van der Waals surface area (Å²) in [5.74, 6) is -0.178. The van der Waals surface area contributed by atoms with E-state index in [4.69, 9.17) is 4.74 Å². The number of carbonyl (C=O) groups is 3. The summed E-state index contributed by atoms with van der Waals surface area (Å²) in [6.45, 7) is 6.04. The molecule has 4 aromatic rings. The fourth-order valence-corrected chi connectivity index (χ4v) is 4.77. The van der Waals surface area contributed by atoms with Crippen molar-refractivity contribution in [2.24, 2.45) is 0 Å². The predicted molar refractivity (Wildman–Crippen MR) is 163 cm³/mol. The maximum absolute atomic E-state index is 13.0. The molecule has 2 heterocycles. The van der Waals surface area contributed by atoms with E-state index in [2.05, 4.69) is 31.5 Å². The number of nitrogens with zero attached hydrogens (tertiary/aromatic N) is 3. The average molecular weight is 619 g/mol. The molecule has 4 rings (SSSR count). The smallest absolute Gasteiger partial charge is 0.251 e. The third-order valence-corrected chi connectivity index (χ3v) is 7.82. The van der Waals surface area contributed by atoms with Crippen LogP contribution >= 0.6 is 15.9 Å². The Morgan fingerprint density at radius 3 is 2.51 bits per heavy atom. The van der Waals surface area contributed by atoms with Gasteiger partial charge < -0.3 is 20.3 Å². The van der Waals surface area contributed by atoms with E-state index in [1.54, 1.807) is 44.4 Å².